The fraction of sp³-hybridized carbons (Fsp3) is 0.143. The molecule has 126 valence electrons. The molecule has 0 bridgehead atoms. The predicted octanol–water partition coefficient (Wildman–Crippen LogP) is 6.62. The molecular formula is C21H20NO2P. The number of hydrogen-bond acceptors (Lipinski definition) is 3. The molecule has 4 rings (SSSR count). The maximum atomic E-state index is 6.31. The highest BCUT2D eigenvalue weighted by molar-refractivity contribution is 7.38. The highest BCUT2D eigenvalue weighted by Gasteiger charge is 2.18. The molecule has 0 aliphatic rings. The zero-order chi connectivity index (χ0) is 17.2. The fourth-order valence-corrected chi connectivity index (χ4v) is 4.31. The Balaban J connectivity index is 1.92. The third-order valence-electron chi connectivity index (χ3n) is 4.52. The van der Waals surface area contributed by atoms with E-state index >= 15 is 0 Å². The van der Waals surface area contributed by atoms with Gasteiger partial charge in [-0.25, -0.2) is 0 Å². The van der Waals surface area contributed by atoms with Gasteiger partial charge in [0, 0.05) is 23.9 Å². The van der Waals surface area contributed by atoms with Crippen LogP contribution in [0.1, 0.15) is 18.5 Å². The van der Waals surface area contributed by atoms with Crippen LogP contribution in [0.3, 0.4) is 0 Å². The van der Waals surface area contributed by atoms with Crippen molar-refractivity contribution in [1.82, 2.24) is 0 Å². The van der Waals surface area contributed by atoms with Crippen molar-refractivity contribution in [3.63, 3.8) is 0 Å². The Morgan fingerprint density at radius 2 is 1.20 bits per heavy atom. The molecule has 0 aliphatic heterocycles. The molecule has 3 aromatic carbocycles. The molecule has 25 heavy (non-hydrogen) atoms. The van der Waals surface area contributed by atoms with Gasteiger partial charge in [-0.05, 0) is 24.6 Å². The highest BCUT2D eigenvalue weighted by atomic mass is 31.1. The van der Waals surface area contributed by atoms with Gasteiger partial charge < -0.3 is 8.39 Å². The van der Waals surface area contributed by atoms with Crippen LogP contribution in [0.25, 0.3) is 21.9 Å². The van der Waals surface area contributed by atoms with Crippen LogP contribution < -0.4 is 4.67 Å². The van der Waals surface area contributed by atoms with Crippen molar-refractivity contribution in [1.29, 1.82) is 0 Å². The second-order valence-corrected chi connectivity index (χ2v) is 7.54. The van der Waals surface area contributed by atoms with Crippen LogP contribution in [-0.4, -0.2) is 7.05 Å². The lowest BCUT2D eigenvalue weighted by Gasteiger charge is -2.21. The van der Waals surface area contributed by atoms with E-state index in [0.717, 1.165) is 21.9 Å². The van der Waals surface area contributed by atoms with E-state index in [1.807, 2.05) is 42.5 Å². The van der Waals surface area contributed by atoms with Gasteiger partial charge in [0.1, 0.15) is 11.2 Å². The second-order valence-electron chi connectivity index (χ2n) is 6.07. The summed E-state index contributed by atoms with van der Waals surface area (Å²) in [7, 11) is 0.793. The average Bonchev–Trinajstić information content (AvgIpc) is 2.84. The van der Waals surface area contributed by atoms with E-state index < -0.39 is 8.16 Å². The van der Waals surface area contributed by atoms with Gasteiger partial charge in [-0.3, -0.25) is 0 Å². The molecule has 0 saturated carbocycles. The van der Waals surface area contributed by atoms with E-state index in [4.69, 9.17) is 8.39 Å². The highest BCUT2D eigenvalue weighted by Crippen LogP contribution is 2.39. The molecule has 0 fully saturated rings. The summed E-state index contributed by atoms with van der Waals surface area (Å²) < 4.78 is 14.8. The Morgan fingerprint density at radius 3 is 1.76 bits per heavy atom. The number of para-hydroxylation sites is 2. The summed E-state index contributed by atoms with van der Waals surface area (Å²) in [5.74, 6) is 0. The van der Waals surface area contributed by atoms with Crippen LogP contribution in [0.2, 0.25) is 0 Å². The van der Waals surface area contributed by atoms with Crippen LogP contribution in [0.4, 0.5) is 0 Å². The number of rotatable bonds is 3. The minimum atomic E-state index is -1.26. The summed E-state index contributed by atoms with van der Waals surface area (Å²) in [4.78, 5) is 0. The minimum absolute atomic E-state index is 0.185. The number of hydrogen-bond donors (Lipinski definition) is 0. The molecule has 0 unspecified atom stereocenters. The van der Waals surface area contributed by atoms with Gasteiger partial charge in [-0.15, -0.1) is 0 Å². The average molecular weight is 349 g/mol. The van der Waals surface area contributed by atoms with Gasteiger partial charge in [0.15, 0.2) is 0 Å². The molecule has 0 amide bonds. The number of nitrogens with zero attached hydrogens (tertiary/aromatic N) is 1. The van der Waals surface area contributed by atoms with Gasteiger partial charge in [0.05, 0.1) is 0 Å². The number of fused-ring (bicyclic) bond motifs is 3. The topological polar surface area (TPSA) is 29.5 Å². The largest absolute Gasteiger partial charge is 0.408 e. The second kappa shape index (κ2) is 6.79. The van der Waals surface area contributed by atoms with Gasteiger partial charge in [0.25, 0.3) is 0 Å². The smallest absolute Gasteiger partial charge is 0.309 e. The summed E-state index contributed by atoms with van der Waals surface area (Å²) in [6, 6.07) is 26.9. The summed E-state index contributed by atoms with van der Waals surface area (Å²) >= 11 is 0. The minimum Gasteiger partial charge on any atom is -0.408 e. The first-order chi connectivity index (χ1) is 12.2. The Kier molecular flexibility index (Phi) is 4.35. The third-order valence-corrected chi connectivity index (χ3v) is 6.08. The van der Waals surface area contributed by atoms with E-state index in [2.05, 4.69) is 55.0 Å². The van der Waals surface area contributed by atoms with Gasteiger partial charge in [0.2, 0.25) is 0 Å². The number of benzene rings is 3. The quantitative estimate of drug-likeness (QED) is 0.416. The van der Waals surface area contributed by atoms with Crippen molar-refractivity contribution < 1.29 is 8.39 Å². The first-order valence-electron chi connectivity index (χ1n) is 8.36. The van der Waals surface area contributed by atoms with E-state index in [9.17, 15) is 0 Å². The zero-order valence-electron chi connectivity index (χ0n) is 14.3. The van der Waals surface area contributed by atoms with E-state index in [1.54, 1.807) is 0 Å². The van der Waals surface area contributed by atoms with Crippen LogP contribution in [0.15, 0.2) is 87.3 Å². The van der Waals surface area contributed by atoms with Crippen LogP contribution in [0.5, 0.6) is 0 Å². The normalized spacial score (nSPS) is 12.6. The maximum absolute atomic E-state index is 6.31. The molecular weight excluding hydrogens is 329 g/mol. The summed E-state index contributed by atoms with van der Waals surface area (Å²) in [6.07, 6.45) is 0. The van der Waals surface area contributed by atoms with Gasteiger partial charge >= 0.3 is 8.16 Å². The summed E-state index contributed by atoms with van der Waals surface area (Å²) in [6.45, 7) is 2.17. The lowest BCUT2D eigenvalue weighted by atomic mass is 10.1. The first kappa shape index (κ1) is 16.0. The van der Waals surface area contributed by atoms with Crippen molar-refractivity contribution >= 4 is 30.1 Å². The molecule has 0 radical (unpaired) electrons. The lowest BCUT2D eigenvalue weighted by Crippen LogP contribution is -2.17. The molecule has 4 aromatic rings. The van der Waals surface area contributed by atoms with Crippen molar-refractivity contribution in [3.05, 3.63) is 84.4 Å². The molecule has 0 spiro atoms. The summed E-state index contributed by atoms with van der Waals surface area (Å²) in [5, 5.41) is 2.15. The SMILES string of the molecule is C[C@@H](c1ccccc1)N(C)p1oc2ccccc2c2ccccc2o1. The van der Waals surface area contributed by atoms with Crippen molar-refractivity contribution in [2.45, 2.75) is 13.0 Å². The third kappa shape index (κ3) is 3.09. The van der Waals surface area contributed by atoms with E-state index in [0.29, 0.717) is 0 Å². The monoisotopic (exact) mass is 349 g/mol. The molecule has 0 aliphatic carbocycles. The Morgan fingerprint density at radius 1 is 0.720 bits per heavy atom. The van der Waals surface area contributed by atoms with Gasteiger partial charge in [-0.1, -0.05) is 66.7 Å². The fourth-order valence-electron chi connectivity index (χ4n) is 2.94. The van der Waals surface area contributed by atoms with Gasteiger partial charge in [-0.2, -0.15) is 4.67 Å². The van der Waals surface area contributed by atoms with Crippen molar-refractivity contribution in [3.8, 4) is 0 Å². The summed E-state index contributed by atoms with van der Waals surface area (Å²) in [5.41, 5.74) is 2.97. The molecule has 1 aromatic heterocycles. The zero-order valence-corrected chi connectivity index (χ0v) is 15.2. The van der Waals surface area contributed by atoms with Crippen molar-refractivity contribution in [2.24, 2.45) is 0 Å². The van der Waals surface area contributed by atoms with Crippen molar-refractivity contribution in [2.75, 3.05) is 11.7 Å². The van der Waals surface area contributed by atoms with Crippen LogP contribution in [0, 0.1) is 0 Å². The molecule has 1 atom stereocenters. The molecule has 0 N–H and O–H groups in total. The Hall–Kier alpha value is -2.48. The lowest BCUT2D eigenvalue weighted by molar-refractivity contribution is 0.612. The Bertz CT molecular complexity index is 985. The standard InChI is InChI=1S/C21H20NO2P/c1-16(17-10-4-3-5-11-17)22(2)25-23-20-14-8-6-12-18(20)19-13-7-9-15-21(19)24-25/h3-16H,1-2H3/t16-/m0/s1. The molecule has 1 heterocycles. The van der Waals surface area contributed by atoms with E-state index in [1.165, 1.54) is 5.56 Å². The first-order valence-corrected chi connectivity index (χ1v) is 9.49. The van der Waals surface area contributed by atoms with Crippen LogP contribution in [-0.2, 0) is 0 Å². The molecule has 4 heteroatoms. The van der Waals surface area contributed by atoms with Crippen LogP contribution >= 0.6 is 8.16 Å². The Labute approximate surface area is 148 Å². The molecule has 0 saturated heterocycles. The maximum Gasteiger partial charge on any atom is 0.309 e. The predicted molar refractivity (Wildman–Crippen MR) is 105 cm³/mol. The van der Waals surface area contributed by atoms with E-state index in [-0.39, 0.29) is 6.04 Å². The molecule has 3 nitrogen and oxygen atoms in total.